The minimum Gasteiger partial charge on any atom is -0.295 e. The number of benzene rings is 2. The van der Waals surface area contributed by atoms with E-state index >= 15 is 0 Å². The molecule has 2 aromatic rings. The van der Waals surface area contributed by atoms with Crippen LogP contribution in [0.4, 0.5) is 0 Å². The Kier molecular flexibility index (Phi) is 5.64. The van der Waals surface area contributed by atoms with Gasteiger partial charge in [0.2, 0.25) is 0 Å². The van der Waals surface area contributed by atoms with Gasteiger partial charge in [0.15, 0.2) is 0 Å². The predicted molar refractivity (Wildman–Crippen MR) is 81.6 cm³/mol. The Balaban J connectivity index is 1.99. The molecule has 2 rings (SSSR count). The third kappa shape index (κ3) is 4.88. The van der Waals surface area contributed by atoms with Crippen molar-refractivity contribution in [2.24, 2.45) is 0 Å². The first-order valence-corrected chi connectivity index (χ1v) is 6.98. The van der Waals surface area contributed by atoms with Crippen molar-refractivity contribution < 1.29 is 0 Å². The third-order valence-corrected chi connectivity index (χ3v) is 3.22. The molecule has 0 unspecified atom stereocenters. The summed E-state index contributed by atoms with van der Waals surface area (Å²) < 4.78 is 0. The smallest absolute Gasteiger partial charge is 0.0237 e. The molecule has 99 valence electrons. The molecular formula is C18H22N. The molecule has 0 amide bonds. The van der Waals surface area contributed by atoms with Crippen LogP contribution in [-0.2, 0) is 13.1 Å². The molecule has 1 heteroatoms. The Morgan fingerprint density at radius 1 is 0.737 bits per heavy atom. The van der Waals surface area contributed by atoms with E-state index in [4.69, 9.17) is 0 Å². The maximum absolute atomic E-state index is 3.95. The van der Waals surface area contributed by atoms with Crippen LogP contribution < -0.4 is 0 Å². The molecule has 0 saturated heterocycles. The quantitative estimate of drug-likeness (QED) is 0.710. The molecule has 0 heterocycles. The molecular weight excluding hydrogens is 230 g/mol. The zero-order valence-electron chi connectivity index (χ0n) is 11.5. The second-order valence-electron chi connectivity index (χ2n) is 4.89. The molecule has 0 aliphatic heterocycles. The fraction of sp³-hybridized carbons (Fsp3) is 0.278. The first kappa shape index (κ1) is 13.8. The lowest BCUT2D eigenvalue weighted by atomic mass is 10.1. The molecule has 0 aliphatic rings. The average molecular weight is 252 g/mol. The lowest BCUT2D eigenvalue weighted by Gasteiger charge is -2.22. The number of rotatable bonds is 7. The standard InChI is InChI=1S/C18H22N/c1-2-3-14-19(15-17-10-6-4-7-11-17)16-18-12-8-5-9-13-18/h4-13H,1-3,14-16H2. The zero-order chi connectivity index (χ0) is 13.3. The van der Waals surface area contributed by atoms with E-state index in [1.54, 1.807) is 0 Å². The van der Waals surface area contributed by atoms with Crippen LogP contribution in [0.5, 0.6) is 0 Å². The van der Waals surface area contributed by atoms with Gasteiger partial charge in [0.05, 0.1) is 0 Å². The monoisotopic (exact) mass is 252 g/mol. The molecule has 0 aliphatic carbocycles. The van der Waals surface area contributed by atoms with Gasteiger partial charge in [-0.15, -0.1) is 0 Å². The minimum absolute atomic E-state index is 1.00. The first-order chi connectivity index (χ1) is 9.38. The largest absolute Gasteiger partial charge is 0.295 e. The molecule has 0 fully saturated rings. The zero-order valence-corrected chi connectivity index (χ0v) is 11.5. The Morgan fingerprint density at radius 3 is 1.63 bits per heavy atom. The maximum atomic E-state index is 3.95. The highest BCUT2D eigenvalue weighted by Gasteiger charge is 2.06. The lowest BCUT2D eigenvalue weighted by Crippen LogP contribution is -2.23. The van der Waals surface area contributed by atoms with E-state index in [-0.39, 0.29) is 0 Å². The van der Waals surface area contributed by atoms with Crippen molar-refractivity contribution in [3.63, 3.8) is 0 Å². The number of hydrogen-bond donors (Lipinski definition) is 0. The summed E-state index contributed by atoms with van der Waals surface area (Å²) in [6.07, 6.45) is 2.15. The molecule has 0 saturated carbocycles. The molecule has 0 spiro atoms. The normalized spacial score (nSPS) is 10.8. The Bertz CT molecular complexity index is 408. The molecule has 0 bridgehead atoms. The Hall–Kier alpha value is -1.60. The second kappa shape index (κ2) is 7.75. The second-order valence-corrected chi connectivity index (χ2v) is 4.89. The fourth-order valence-electron chi connectivity index (χ4n) is 2.23. The van der Waals surface area contributed by atoms with Crippen molar-refractivity contribution in [2.45, 2.75) is 25.9 Å². The van der Waals surface area contributed by atoms with Crippen molar-refractivity contribution in [2.75, 3.05) is 6.54 Å². The first-order valence-electron chi connectivity index (χ1n) is 6.98. The summed E-state index contributed by atoms with van der Waals surface area (Å²) in [6, 6.07) is 21.4. The van der Waals surface area contributed by atoms with Crippen LogP contribution in [0, 0.1) is 6.92 Å². The van der Waals surface area contributed by atoms with Crippen LogP contribution in [0.15, 0.2) is 60.7 Å². The van der Waals surface area contributed by atoms with Gasteiger partial charge in [0, 0.05) is 13.1 Å². The van der Waals surface area contributed by atoms with E-state index in [0.717, 1.165) is 32.5 Å². The van der Waals surface area contributed by atoms with Gasteiger partial charge in [-0.05, 0) is 24.1 Å². The average Bonchev–Trinajstić information content (AvgIpc) is 2.47. The highest BCUT2D eigenvalue weighted by molar-refractivity contribution is 5.17. The van der Waals surface area contributed by atoms with Gasteiger partial charge >= 0.3 is 0 Å². The van der Waals surface area contributed by atoms with Gasteiger partial charge in [-0.25, -0.2) is 0 Å². The van der Waals surface area contributed by atoms with E-state index in [2.05, 4.69) is 72.5 Å². The molecule has 2 aromatic carbocycles. The van der Waals surface area contributed by atoms with Crippen LogP contribution >= 0.6 is 0 Å². The third-order valence-electron chi connectivity index (χ3n) is 3.22. The highest BCUT2D eigenvalue weighted by atomic mass is 15.1. The van der Waals surface area contributed by atoms with Gasteiger partial charge in [-0.1, -0.05) is 74.0 Å². The predicted octanol–water partition coefficient (Wildman–Crippen LogP) is 4.30. The van der Waals surface area contributed by atoms with Crippen LogP contribution in [0.25, 0.3) is 0 Å². The highest BCUT2D eigenvalue weighted by Crippen LogP contribution is 2.10. The van der Waals surface area contributed by atoms with E-state index < -0.39 is 0 Å². The van der Waals surface area contributed by atoms with Gasteiger partial charge in [0.1, 0.15) is 0 Å². The summed E-state index contributed by atoms with van der Waals surface area (Å²) in [5.41, 5.74) is 2.75. The summed E-state index contributed by atoms with van der Waals surface area (Å²) in [4.78, 5) is 2.50. The van der Waals surface area contributed by atoms with Crippen LogP contribution in [-0.4, -0.2) is 11.4 Å². The van der Waals surface area contributed by atoms with Crippen molar-refractivity contribution in [1.82, 2.24) is 4.90 Å². The Morgan fingerprint density at radius 2 is 1.21 bits per heavy atom. The SMILES string of the molecule is [CH2]CCCN(Cc1ccccc1)Cc1ccccc1. The van der Waals surface area contributed by atoms with Gasteiger partial charge in [-0.2, -0.15) is 0 Å². The van der Waals surface area contributed by atoms with Crippen molar-refractivity contribution in [3.05, 3.63) is 78.7 Å². The molecule has 0 N–H and O–H groups in total. The fourth-order valence-corrected chi connectivity index (χ4v) is 2.23. The van der Waals surface area contributed by atoms with Crippen LogP contribution in [0.3, 0.4) is 0 Å². The molecule has 0 aromatic heterocycles. The van der Waals surface area contributed by atoms with Crippen molar-refractivity contribution >= 4 is 0 Å². The summed E-state index contributed by atoms with van der Waals surface area (Å²) in [5, 5.41) is 0. The maximum Gasteiger partial charge on any atom is 0.0237 e. The summed E-state index contributed by atoms with van der Waals surface area (Å²) in [5.74, 6) is 0. The number of hydrogen-bond acceptors (Lipinski definition) is 1. The topological polar surface area (TPSA) is 3.24 Å². The van der Waals surface area contributed by atoms with E-state index in [1.165, 1.54) is 11.1 Å². The van der Waals surface area contributed by atoms with Crippen LogP contribution in [0.1, 0.15) is 24.0 Å². The van der Waals surface area contributed by atoms with Crippen LogP contribution in [0.2, 0.25) is 0 Å². The Labute approximate surface area is 116 Å². The number of unbranched alkanes of at least 4 members (excludes halogenated alkanes) is 1. The number of nitrogens with zero attached hydrogens (tertiary/aromatic N) is 1. The van der Waals surface area contributed by atoms with Gasteiger partial charge in [-0.3, -0.25) is 4.90 Å². The van der Waals surface area contributed by atoms with Gasteiger partial charge < -0.3 is 0 Å². The van der Waals surface area contributed by atoms with E-state index in [1.807, 2.05) is 0 Å². The molecule has 1 radical (unpaired) electrons. The summed E-state index contributed by atoms with van der Waals surface area (Å²) >= 11 is 0. The molecule has 0 atom stereocenters. The molecule has 1 nitrogen and oxygen atoms in total. The van der Waals surface area contributed by atoms with E-state index in [9.17, 15) is 0 Å². The van der Waals surface area contributed by atoms with E-state index in [0.29, 0.717) is 0 Å². The summed E-state index contributed by atoms with van der Waals surface area (Å²) in [7, 11) is 0. The summed E-state index contributed by atoms with van der Waals surface area (Å²) in [6.45, 7) is 7.07. The van der Waals surface area contributed by atoms with Gasteiger partial charge in [0.25, 0.3) is 0 Å². The molecule has 19 heavy (non-hydrogen) atoms. The lowest BCUT2D eigenvalue weighted by molar-refractivity contribution is 0.254. The van der Waals surface area contributed by atoms with Crippen molar-refractivity contribution in [1.29, 1.82) is 0 Å². The minimum atomic E-state index is 1.00. The van der Waals surface area contributed by atoms with Crippen molar-refractivity contribution in [3.8, 4) is 0 Å².